The average molecular weight is 253 g/mol. The monoisotopic (exact) mass is 253 g/mol. The van der Waals surface area contributed by atoms with Gasteiger partial charge in [-0.05, 0) is 38.4 Å². The summed E-state index contributed by atoms with van der Waals surface area (Å²) in [5.74, 6) is 1.94. The van der Waals surface area contributed by atoms with E-state index < -0.39 is 0 Å². The van der Waals surface area contributed by atoms with Gasteiger partial charge in [0.2, 0.25) is 5.91 Å². The number of hydrogen-bond acceptors (Lipinski definition) is 3. The average Bonchev–Trinajstić information content (AvgIpc) is 2.85. The summed E-state index contributed by atoms with van der Waals surface area (Å²) < 4.78 is 0. The third kappa shape index (κ3) is 3.04. The highest BCUT2D eigenvalue weighted by molar-refractivity contribution is 5.78. The van der Waals surface area contributed by atoms with Crippen molar-refractivity contribution in [2.24, 2.45) is 17.8 Å². The van der Waals surface area contributed by atoms with Crippen LogP contribution >= 0.6 is 0 Å². The van der Waals surface area contributed by atoms with Crippen LogP contribution in [0.15, 0.2) is 0 Å². The van der Waals surface area contributed by atoms with Gasteiger partial charge in [-0.3, -0.25) is 4.79 Å². The first-order valence-electron chi connectivity index (χ1n) is 7.27. The van der Waals surface area contributed by atoms with Gasteiger partial charge in [0, 0.05) is 32.1 Å². The third-order valence-electron chi connectivity index (χ3n) is 4.27. The van der Waals surface area contributed by atoms with E-state index in [-0.39, 0.29) is 5.92 Å². The van der Waals surface area contributed by atoms with Crippen molar-refractivity contribution in [3.8, 4) is 0 Å². The SMILES string of the molecule is CNCCCN1CC2CN(C(=O)C(C)C)CC2C1. The van der Waals surface area contributed by atoms with E-state index in [4.69, 9.17) is 0 Å². The molecule has 1 N–H and O–H groups in total. The normalized spacial score (nSPS) is 28.1. The molecule has 0 saturated carbocycles. The molecule has 0 aromatic rings. The largest absolute Gasteiger partial charge is 0.342 e. The van der Waals surface area contributed by atoms with Gasteiger partial charge in [-0.2, -0.15) is 0 Å². The highest BCUT2D eigenvalue weighted by atomic mass is 16.2. The molecule has 104 valence electrons. The lowest BCUT2D eigenvalue weighted by Crippen LogP contribution is -2.36. The number of carbonyl (C=O) groups excluding carboxylic acids is 1. The van der Waals surface area contributed by atoms with Gasteiger partial charge >= 0.3 is 0 Å². The van der Waals surface area contributed by atoms with Crippen molar-refractivity contribution in [1.29, 1.82) is 0 Å². The second kappa shape index (κ2) is 6.02. The molecule has 0 bridgehead atoms. The maximum Gasteiger partial charge on any atom is 0.225 e. The molecular formula is C14H27N3O. The lowest BCUT2D eigenvalue weighted by atomic mass is 10.0. The molecule has 2 aliphatic rings. The van der Waals surface area contributed by atoms with Gasteiger partial charge < -0.3 is 15.1 Å². The van der Waals surface area contributed by atoms with Crippen LogP contribution in [0.1, 0.15) is 20.3 Å². The molecular weight excluding hydrogens is 226 g/mol. The molecule has 2 fully saturated rings. The van der Waals surface area contributed by atoms with Crippen LogP contribution in [-0.2, 0) is 4.79 Å². The molecule has 1 amide bonds. The van der Waals surface area contributed by atoms with E-state index in [1.807, 2.05) is 20.9 Å². The fraction of sp³-hybridized carbons (Fsp3) is 0.929. The number of nitrogens with zero attached hydrogens (tertiary/aromatic N) is 2. The Labute approximate surface area is 111 Å². The summed E-state index contributed by atoms with van der Waals surface area (Å²) in [7, 11) is 2.01. The van der Waals surface area contributed by atoms with Crippen LogP contribution in [0, 0.1) is 17.8 Å². The van der Waals surface area contributed by atoms with Gasteiger partial charge in [0.25, 0.3) is 0 Å². The summed E-state index contributed by atoms with van der Waals surface area (Å²) in [6, 6.07) is 0. The quantitative estimate of drug-likeness (QED) is 0.731. The van der Waals surface area contributed by atoms with Crippen molar-refractivity contribution < 1.29 is 4.79 Å². The molecule has 2 heterocycles. The van der Waals surface area contributed by atoms with Crippen molar-refractivity contribution in [3.63, 3.8) is 0 Å². The number of fused-ring (bicyclic) bond motifs is 1. The van der Waals surface area contributed by atoms with Crippen molar-refractivity contribution in [2.45, 2.75) is 20.3 Å². The number of hydrogen-bond donors (Lipinski definition) is 1. The standard InChI is InChI=1S/C14H27N3O/c1-11(2)14(18)17-9-12-7-16(6-4-5-15-3)8-13(12)10-17/h11-13,15H,4-10H2,1-3H3. The van der Waals surface area contributed by atoms with E-state index in [1.165, 1.54) is 26.1 Å². The van der Waals surface area contributed by atoms with Gasteiger partial charge in [-0.25, -0.2) is 0 Å². The molecule has 2 rings (SSSR count). The summed E-state index contributed by atoms with van der Waals surface area (Å²) in [6.07, 6.45) is 1.23. The predicted molar refractivity (Wildman–Crippen MR) is 73.4 cm³/mol. The number of rotatable bonds is 5. The van der Waals surface area contributed by atoms with Crippen molar-refractivity contribution >= 4 is 5.91 Å². The number of amides is 1. The highest BCUT2D eigenvalue weighted by Crippen LogP contribution is 2.31. The van der Waals surface area contributed by atoms with Gasteiger partial charge in [-0.1, -0.05) is 13.8 Å². The molecule has 0 aromatic heterocycles. The van der Waals surface area contributed by atoms with Crippen LogP contribution in [0.3, 0.4) is 0 Å². The maximum absolute atomic E-state index is 12.0. The minimum absolute atomic E-state index is 0.149. The van der Waals surface area contributed by atoms with Crippen LogP contribution in [0.5, 0.6) is 0 Å². The molecule has 2 saturated heterocycles. The first-order chi connectivity index (χ1) is 8.61. The Morgan fingerprint density at radius 1 is 1.22 bits per heavy atom. The van der Waals surface area contributed by atoms with E-state index in [0.717, 1.165) is 31.5 Å². The van der Waals surface area contributed by atoms with E-state index in [2.05, 4.69) is 15.1 Å². The molecule has 2 unspecified atom stereocenters. The van der Waals surface area contributed by atoms with E-state index in [1.54, 1.807) is 0 Å². The fourth-order valence-corrected chi connectivity index (χ4v) is 3.30. The van der Waals surface area contributed by atoms with Crippen molar-refractivity contribution in [1.82, 2.24) is 15.1 Å². The second-order valence-corrected chi connectivity index (χ2v) is 6.13. The van der Waals surface area contributed by atoms with Crippen LogP contribution in [-0.4, -0.2) is 62.0 Å². The third-order valence-corrected chi connectivity index (χ3v) is 4.27. The maximum atomic E-state index is 12.0. The van der Waals surface area contributed by atoms with Crippen molar-refractivity contribution in [2.75, 3.05) is 46.3 Å². The number of nitrogens with one attached hydrogen (secondary N) is 1. The van der Waals surface area contributed by atoms with E-state index >= 15 is 0 Å². The molecule has 0 spiro atoms. The zero-order valence-electron chi connectivity index (χ0n) is 12.0. The minimum atomic E-state index is 0.149. The predicted octanol–water partition coefficient (Wildman–Crippen LogP) is 0.642. The Morgan fingerprint density at radius 2 is 1.83 bits per heavy atom. The molecule has 2 atom stereocenters. The summed E-state index contributed by atoms with van der Waals surface area (Å²) in [4.78, 5) is 16.6. The molecule has 2 aliphatic heterocycles. The molecule has 0 radical (unpaired) electrons. The fourth-order valence-electron chi connectivity index (χ4n) is 3.30. The summed E-state index contributed by atoms with van der Waals surface area (Å²) in [5.41, 5.74) is 0. The summed E-state index contributed by atoms with van der Waals surface area (Å²) >= 11 is 0. The summed E-state index contributed by atoms with van der Waals surface area (Å²) in [5, 5.41) is 3.20. The van der Waals surface area contributed by atoms with Gasteiger partial charge in [0.05, 0.1) is 0 Å². The lowest BCUT2D eigenvalue weighted by Gasteiger charge is -2.22. The van der Waals surface area contributed by atoms with Crippen LogP contribution < -0.4 is 5.32 Å². The summed E-state index contributed by atoms with van der Waals surface area (Å²) in [6.45, 7) is 10.7. The second-order valence-electron chi connectivity index (χ2n) is 6.13. The van der Waals surface area contributed by atoms with Gasteiger partial charge in [0.1, 0.15) is 0 Å². The zero-order valence-corrected chi connectivity index (χ0v) is 12.0. The Balaban J connectivity index is 1.75. The zero-order chi connectivity index (χ0) is 13.1. The Bertz CT molecular complexity index is 279. The molecule has 0 aliphatic carbocycles. The van der Waals surface area contributed by atoms with Crippen LogP contribution in [0.4, 0.5) is 0 Å². The topological polar surface area (TPSA) is 35.6 Å². The van der Waals surface area contributed by atoms with E-state index in [0.29, 0.717) is 5.91 Å². The highest BCUT2D eigenvalue weighted by Gasteiger charge is 2.41. The Hall–Kier alpha value is -0.610. The van der Waals surface area contributed by atoms with Gasteiger partial charge in [0.15, 0.2) is 0 Å². The van der Waals surface area contributed by atoms with Crippen molar-refractivity contribution in [3.05, 3.63) is 0 Å². The number of likely N-dealkylation sites (tertiary alicyclic amines) is 2. The smallest absolute Gasteiger partial charge is 0.225 e. The van der Waals surface area contributed by atoms with Crippen LogP contribution in [0.2, 0.25) is 0 Å². The minimum Gasteiger partial charge on any atom is -0.342 e. The molecule has 18 heavy (non-hydrogen) atoms. The Kier molecular flexibility index (Phi) is 4.62. The van der Waals surface area contributed by atoms with Crippen LogP contribution in [0.25, 0.3) is 0 Å². The lowest BCUT2D eigenvalue weighted by molar-refractivity contribution is -0.133. The number of carbonyl (C=O) groups is 1. The first kappa shape index (κ1) is 13.8. The molecule has 4 nitrogen and oxygen atoms in total. The van der Waals surface area contributed by atoms with Gasteiger partial charge in [-0.15, -0.1) is 0 Å². The Morgan fingerprint density at radius 3 is 2.33 bits per heavy atom. The molecule has 0 aromatic carbocycles. The van der Waals surface area contributed by atoms with E-state index in [9.17, 15) is 4.79 Å². The first-order valence-corrected chi connectivity index (χ1v) is 7.27. The molecule has 4 heteroatoms.